The zero-order chi connectivity index (χ0) is 12.1. The Hall–Kier alpha value is -0.680. The third-order valence-corrected chi connectivity index (χ3v) is 3.51. The van der Waals surface area contributed by atoms with Gasteiger partial charge >= 0.3 is 0 Å². The van der Waals surface area contributed by atoms with E-state index in [9.17, 15) is 4.79 Å². The molecule has 0 saturated carbocycles. The molecule has 2 N–H and O–H groups in total. The van der Waals surface area contributed by atoms with Gasteiger partial charge in [-0.3, -0.25) is 9.69 Å². The number of carbonyl (C=O) groups is 1. The van der Waals surface area contributed by atoms with Gasteiger partial charge in [0.2, 0.25) is 5.91 Å². The quantitative estimate of drug-likeness (QED) is 0.735. The summed E-state index contributed by atoms with van der Waals surface area (Å²) in [5.74, 6) is 0.185. The molecule has 0 bridgehead atoms. The molecule has 16 heavy (non-hydrogen) atoms. The molecular weight excluding hydrogens is 222 g/mol. The van der Waals surface area contributed by atoms with E-state index in [0.29, 0.717) is 11.5 Å². The van der Waals surface area contributed by atoms with Crippen molar-refractivity contribution in [2.24, 2.45) is 5.73 Å². The number of hydrogen-bond acceptors (Lipinski definition) is 3. The lowest BCUT2D eigenvalue weighted by Crippen LogP contribution is -2.47. The monoisotopic (exact) mass is 243 g/mol. The zero-order valence-electron chi connectivity index (χ0n) is 10.1. The SMILES string of the molecule is CC(C(N)=S)N(C)CC(=O)N1CCCCC1. The van der Waals surface area contributed by atoms with E-state index in [1.165, 1.54) is 6.42 Å². The molecule has 1 rings (SSSR count). The number of likely N-dealkylation sites (tertiary alicyclic amines) is 1. The number of thiocarbonyl (C=S) groups is 1. The summed E-state index contributed by atoms with van der Waals surface area (Å²) in [6.45, 7) is 4.12. The Balaban J connectivity index is 2.40. The largest absolute Gasteiger partial charge is 0.392 e. The van der Waals surface area contributed by atoms with Crippen LogP contribution in [0.4, 0.5) is 0 Å². The van der Waals surface area contributed by atoms with Crippen LogP contribution in [0.15, 0.2) is 0 Å². The Morgan fingerprint density at radius 1 is 1.44 bits per heavy atom. The van der Waals surface area contributed by atoms with Gasteiger partial charge in [0, 0.05) is 13.1 Å². The number of nitrogens with two attached hydrogens (primary N) is 1. The Morgan fingerprint density at radius 3 is 2.50 bits per heavy atom. The maximum absolute atomic E-state index is 11.9. The molecule has 5 heteroatoms. The lowest BCUT2D eigenvalue weighted by Gasteiger charge is -2.30. The molecule has 1 aliphatic rings. The molecular formula is C11H21N3OS. The van der Waals surface area contributed by atoms with Crippen molar-refractivity contribution < 1.29 is 4.79 Å². The summed E-state index contributed by atoms with van der Waals surface area (Å²) < 4.78 is 0. The molecule has 1 atom stereocenters. The molecule has 0 aromatic carbocycles. The molecule has 0 aliphatic carbocycles. The highest BCUT2D eigenvalue weighted by Gasteiger charge is 2.20. The van der Waals surface area contributed by atoms with E-state index in [1.54, 1.807) is 0 Å². The van der Waals surface area contributed by atoms with Crippen molar-refractivity contribution in [2.45, 2.75) is 32.2 Å². The summed E-state index contributed by atoms with van der Waals surface area (Å²) in [5, 5.41) is 0. The first-order valence-electron chi connectivity index (χ1n) is 5.79. The highest BCUT2D eigenvalue weighted by Crippen LogP contribution is 2.09. The van der Waals surface area contributed by atoms with Crippen molar-refractivity contribution in [3.8, 4) is 0 Å². The van der Waals surface area contributed by atoms with Crippen molar-refractivity contribution in [3.05, 3.63) is 0 Å². The van der Waals surface area contributed by atoms with Gasteiger partial charge in [-0.1, -0.05) is 12.2 Å². The van der Waals surface area contributed by atoms with Crippen LogP contribution in [0.5, 0.6) is 0 Å². The van der Waals surface area contributed by atoms with Gasteiger partial charge in [-0.15, -0.1) is 0 Å². The molecule has 1 unspecified atom stereocenters. The molecule has 1 amide bonds. The Labute approximate surface area is 103 Å². The molecule has 0 aromatic rings. The van der Waals surface area contributed by atoms with E-state index < -0.39 is 0 Å². The standard InChI is InChI=1S/C11H21N3OS/c1-9(11(12)16)13(2)8-10(15)14-6-4-3-5-7-14/h9H,3-8H2,1-2H3,(H2,12,16). The number of nitrogens with zero attached hydrogens (tertiary/aromatic N) is 2. The molecule has 1 fully saturated rings. The predicted molar refractivity (Wildman–Crippen MR) is 69.3 cm³/mol. The molecule has 1 saturated heterocycles. The maximum atomic E-state index is 11.9. The minimum absolute atomic E-state index is 0.0243. The van der Waals surface area contributed by atoms with Crippen LogP contribution in [0.2, 0.25) is 0 Å². The number of hydrogen-bond donors (Lipinski definition) is 1. The molecule has 1 aliphatic heterocycles. The van der Waals surface area contributed by atoms with E-state index in [0.717, 1.165) is 25.9 Å². The van der Waals surface area contributed by atoms with Crippen LogP contribution in [0.25, 0.3) is 0 Å². The molecule has 0 spiro atoms. The summed E-state index contributed by atoms with van der Waals surface area (Å²) in [4.78, 5) is 16.2. The van der Waals surface area contributed by atoms with Crippen LogP contribution in [-0.4, -0.2) is 53.4 Å². The van der Waals surface area contributed by atoms with Crippen molar-refractivity contribution in [1.82, 2.24) is 9.80 Å². The lowest BCUT2D eigenvalue weighted by molar-refractivity contribution is -0.133. The Bertz CT molecular complexity index is 264. The van der Waals surface area contributed by atoms with Crippen LogP contribution in [0.1, 0.15) is 26.2 Å². The average molecular weight is 243 g/mol. The Morgan fingerprint density at radius 2 is 2.00 bits per heavy atom. The summed E-state index contributed by atoms with van der Waals surface area (Å²) in [6.07, 6.45) is 3.49. The van der Waals surface area contributed by atoms with Gasteiger partial charge in [0.25, 0.3) is 0 Å². The van der Waals surface area contributed by atoms with E-state index >= 15 is 0 Å². The first-order valence-corrected chi connectivity index (χ1v) is 6.20. The van der Waals surface area contributed by atoms with Gasteiger partial charge in [-0.25, -0.2) is 0 Å². The van der Waals surface area contributed by atoms with E-state index in [-0.39, 0.29) is 11.9 Å². The third kappa shape index (κ3) is 3.72. The zero-order valence-corrected chi connectivity index (χ0v) is 10.9. The third-order valence-electron chi connectivity index (χ3n) is 3.17. The number of carbonyl (C=O) groups excluding carboxylic acids is 1. The minimum atomic E-state index is -0.0243. The van der Waals surface area contributed by atoms with Crippen molar-refractivity contribution in [2.75, 3.05) is 26.7 Å². The average Bonchev–Trinajstić information content (AvgIpc) is 2.28. The first-order chi connectivity index (χ1) is 7.52. The molecule has 0 radical (unpaired) electrons. The molecule has 1 heterocycles. The van der Waals surface area contributed by atoms with Gasteiger partial charge in [-0.2, -0.15) is 0 Å². The maximum Gasteiger partial charge on any atom is 0.236 e. The fourth-order valence-corrected chi connectivity index (χ4v) is 1.99. The molecule has 4 nitrogen and oxygen atoms in total. The fraction of sp³-hybridized carbons (Fsp3) is 0.818. The summed E-state index contributed by atoms with van der Waals surface area (Å²) in [6, 6.07) is -0.0243. The van der Waals surface area contributed by atoms with Gasteiger partial charge < -0.3 is 10.6 Å². The van der Waals surface area contributed by atoms with E-state index in [4.69, 9.17) is 18.0 Å². The van der Waals surface area contributed by atoms with Crippen LogP contribution < -0.4 is 5.73 Å². The molecule has 0 aromatic heterocycles. The highest BCUT2D eigenvalue weighted by molar-refractivity contribution is 7.80. The van der Waals surface area contributed by atoms with E-state index in [1.807, 2.05) is 23.8 Å². The van der Waals surface area contributed by atoms with Gasteiger partial charge in [0.1, 0.15) is 0 Å². The van der Waals surface area contributed by atoms with Gasteiger partial charge in [0.15, 0.2) is 0 Å². The lowest BCUT2D eigenvalue weighted by atomic mass is 10.1. The topological polar surface area (TPSA) is 49.6 Å². The van der Waals surface area contributed by atoms with Gasteiger partial charge in [0.05, 0.1) is 17.6 Å². The highest BCUT2D eigenvalue weighted by atomic mass is 32.1. The number of amides is 1. The van der Waals surface area contributed by atoms with Crippen molar-refractivity contribution in [3.63, 3.8) is 0 Å². The van der Waals surface area contributed by atoms with Crippen molar-refractivity contribution in [1.29, 1.82) is 0 Å². The van der Waals surface area contributed by atoms with Crippen LogP contribution in [0.3, 0.4) is 0 Å². The Kier molecular flexibility index (Phi) is 5.15. The van der Waals surface area contributed by atoms with Crippen LogP contribution in [0, 0.1) is 0 Å². The first kappa shape index (κ1) is 13.4. The number of likely N-dealkylation sites (N-methyl/N-ethyl adjacent to an activating group) is 1. The van der Waals surface area contributed by atoms with Crippen molar-refractivity contribution >= 4 is 23.1 Å². The second kappa shape index (κ2) is 6.15. The normalized spacial score (nSPS) is 18.6. The van der Waals surface area contributed by atoms with Crippen LogP contribution in [-0.2, 0) is 4.79 Å². The number of rotatable bonds is 4. The second-order valence-corrected chi connectivity index (χ2v) is 4.91. The van der Waals surface area contributed by atoms with Gasteiger partial charge in [-0.05, 0) is 33.2 Å². The second-order valence-electron chi connectivity index (χ2n) is 4.43. The molecule has 92 valence electrons. The van der Waals surface area contributed by atoms with E-state index in [2.05, 4.69) is 0 Å². The summed E-state index contributed by atoms with van der Waals surface area (Å²) in [5.41, 5.74) is 5.56. The predicted octanol–water partition coefficient (Wildman–Crippen LogP) is 0.605. The minimum Gasteiger partial charge on any atom is -0.392 e. The number of piperidine rings is 1. The van der Waals surface area contributed by atoms with Crippen LogP contribution >= 0.6 is 12.2 Å². The fourth-order valence-electron chi connectivity index (χ4n) is 1.81. The summed E-state index contributed by atoms with van der Waals surface area (Å²) in [7, 11) is 1.88. The smallest absolute Gasteiger partial charge is 0.236 e. The summed E-state index contributed by atoms with van der Waals surface area (Å²) >= 11 is 4.91.